The van der Waals surface area contributed by atoms with Gasteiger partial charge in [0, 0.05) is 18.2 Å². The third kappa shape index (κ3) is 6.67. The van der Waals surface area contributed by atoms with Crippen molar-refractivity contribution in [1.82, 2.24) is 4.90 Å². The van der Waals surface area contributed by atoms with Crippen molar-refractivity contribution in [1.29, 1.82) is 0 Å². The molecule has 0 N–H and O–H groups in total. The van der Waals surface area contributed by atoms with Gasteiger partial charge >= 0.3 is 0 Å². The summed E-state index contributed by atoms with van der Waals surface area (Å²) in [5.41, 5.74) is 2.45. The van der Waals surface area contributed by atoms with Gasteiger partial charge in [0.05, 0.1) is 28.2 Å². The minimum atomic E-state index is -3.18. The molecule has 0 spiro atoms. The molecule has 1 atom stereocenters. The van der Waals surface area contributed by atoms with E-state index >= 15 is 0 Å². The van der Waals surface area contributed by atoms with Gasteiger partial charge in [-0.1, -0.05) is 81.6 Å². The first-order valence-corrected chi connectivity index (χ1v) is 14.2. The summed E-state index contributed by atoms with van der Waals surface area (Å²) in [6.45, 7) is 9.27. The number of rotatable bonds is 8. The van der Waals surface area contributed by atoms with Crippen molar-refractivity contribution in [2.24, 2.45) is 0 Å². The summed E-state index contributed by atoms with van der Waals surface area (Å²) in [4.78, 5) is 15.3. The fourth-order valence-corrected chi connectivity index (χ4v) is 6.33. The SMILES string of the molecule is CCCCOc1c(Cl)cc(C(=O)N(Cc2ccc(C(C)(C)C)cc2)[C@@H]2CCS(=O)(=O)C2)cc1Cl. The number of carbonyl (C=O) groups excluding carboxylic acids is 1. The average molecular weight is 527 g/mol. The zero-order valence-electron chi connectivity index (χ0n) is 20.2. The molecule has 1 amide bonds. The molecular weight excluding hydrogens is 493 g/mol. The molecule has 0 aliphatic carbocycles. The van der Waals surface area contributed by atoms with Gasteiger partial charge in [-0.3, -0.25) is 4.79 Å². The van der Waals surface area contributed by atoms with Crippen molar-refractivity contribution in [3.8, 4) is 5.75 Å². The lowest BCUT2D eigenvalue weighted by molar-refractivity contribution is 0.0681. The van der Waals surface area contributed by atoms with Gasteiger partial charge in [0.2, 0.25) is 0 Å². The summed E-state index contributed by atoms with van der Waals surface area (Å²) >= 11 is 12.8. The van der Waals surface area contributed by atoms with Crippen LogP contribution in [-0.2, 0) is 21.8 Å². The van der Waals surface area contributed by atoms with Crippen LogP contribution in [0.25, 0.3) is 0 Å². The summed E-state index contributed by atoms with van der Waals surface area (Å²) < 4.78 is 30.1. The first kappa shape index (κ1) is 26.8. The molecule has 0 unspecified atom stereocenters. The Labute approximate surface area is 213 Å². The lowest BCUT2D eigenvalue weighted by Gasteiger charge is -2.29. The van der Waals surface area contributed by atoms with E-state index in [9.17, 15) is 13.2 Å². The quantitative estimate of drug-likeness (QED) is 0.379. The third-order valence-electron chi connectivity index (χ3n) is 6.07. The second-order valence-electron chi connectivity index (χ2n) is 9.91. The van der Waals surface area contributed by atoms with Gasteiger partial charge < -0.3 is 9.64 Å². The number of benzene rings is 2. The van der Waals surface area contributed by atoms with Crippen LogP contribution < -0.4 is 4.74 Å². The maximum absolute atomic E-state index is 13.6. The van der Waals surface area contributed by atoms with Crippen molar-refractivity contribution in [2.45, 2.75) is 65.0 Å². The van der Waals surface area contributed by atoms with Crippen LogP contribution in [0, 0.1) is 0 Å². The van der Waals surface area contributed by atoms with E-state index in [1.807, 2.05) is 12.1 Å². The molecule has 186 valence electrons. The topological polar surface area (TPSA) is 63.7 Å². The summed E-state index contributed by atoms with van der Waals surface area (Å²) in [6.07, 6.45) is 2.25. The van der Waals surface area contributed by atoms with Crippen LogP contribution in [0.3, 0.4) is 0 Å². The molecule has 0 bridgehead atoms. The van der Waals surface area contributed by atoms with E-state index in [0.717, 1.165) is 18.4 Å². The molecule has 1 heterocycles. The highest BCUT2D eigenvalue weighted by Gasteiger charge is 2.35. The molecule has 1 saturated heterocycles. The average Bonchev–Trinajstić information content (AvgIpc) is 3.12. The van der Waals surface area contributed by atoms with E-state index < -0.39 is 15.9 Å². The molecule has 0 radical (unpaired) electrons. The van der Waals surface area contributed by atoms with E-state index in [-0.39, 0.29) is 32.9 Å². The Morgan fingerprint density at radius 1 is 1.12 bits per heavy atom. The lowest BCUT2D eigenvalue weighted by atomic mass is 9.86. The van der Waals surface area contributed by atoms with Crippen LogP contribution in [-0.4, -0.2) is 43.4 Å². The Kier molecular flexibility index (Phi) is 8.59. The van der Waals surface area contributed by atoms with Crippen LogP contribution in [0.4, 0.5) is 0 Å². The van der Waals surface area contributed by atoms with E-state index in [0.29, 0.717) is 30.9 Å². The van der Waals surface area contributed by atoms with Gasteiger partial charge in [-0.15, -0.1) is 0 Å². The van der Waals surface area contributed by atoms with Crippen LogP contribution in [0.5, 0.6) is 5.75 Å². The van der Waals surface area contributed by atoms with Crippen molar-refractivity contribution in [2.75, 3.05) is 18.1 Å². The number of sulfone groups is 1. The largest absolute Gasteiger partial charge is 0.490 e. The zero-order valence-corrected chi connectivity index (χ0v) is 22.6. The number of halogens is 2. The Morgan fingerprint density at radius 3 is 2.24 bits per heavy atom. The third-order valence-corrected chi connectivity index (χ3v) is 8.38. The number of carbonyl (C=O) groups is 1. The van der Waals surface area contributed by atoms with Crippen molar-refractivity contribution in [3.63, 3.8) is 0 Å². The molecule has 3 rings (SSSR count). The Balaban J connectivity index is 1.90. The van der Waals surface area contributed by atoms with Crippen LogP contribution in [0.1, 0.15) is 68.4 Å². The predicted molar refractivity (Wildman–Crippen MR) is 139 cm³/mol. The van der Waals surface area contributed by atoms with Gasteiger partial charge in [-0.05, 0) is 41.5 Å². The number of hydrogen-bond acceptors (Lipinski definition) is 4. The first-order chi connectivity index (χ1) is 15.9. The monoisotopic (exact) mass is 525 g/mol. The molecule has 34 heavy (non-hydrogen) atoms. The summed E-state index contributed by atoms with van der Waals surface area (Å²) in [5.74, 6) is 0.0984. The van der Waals surface area contributed by atoms with E-state index in [2.05, 4.69) is 39.8 Å². The highest BCUT2D eigenvalue weighted by molar-refractivity contribution is 7.91. The Hall–Kier alpha value is -1.76. The second kappa shape index (κ2) is 10.9. The maximum Gasteiger partial charge on any atom is 0.254 e. The fourth-order valence-electron chi connectivity index (χ4n) is 4.00. The molecule has 0 saturated carbocycles. The number of nitrogens with zero attached hydrogens (tertiary/aromatic N) is 1. The molecule has 1 aliphatic heterocycles. The van der Waals surface area contributed by atoms with Gasteiger partial charge in [-0.25, -0.2) is 8.42 Å². The number of amides is 1. The molecule has 8 heteroatoms. The van der Waals surface area contributed by atoms with Gasteiger partial charge in [0.15, 0.2) is 15.6 Å². The van der Waals surface area contributed by atoms with Crippen molar-refractivity contribution < 1.29 is 17.9 Å². The number of hydrogen-bond donors (Lipinski definition) is 0. The number of ether oxygens (including phenoxy) is 1. The zero-order chi connectivity index (χ0) is 25.1. The Morgan fingerprint density at radius 2 is 1.74 bits per heavy atom. The molecule has 1 aliphatic rings. The van der Waals surface area contributed by atoms with Gasteiger partial charge in [0.25, 0.3) is 5.91 Å². The minimum Gasteiger partial charge on any atom is -0.490 e. The summed E-state index contributed by atoms with van der Waals surface area (Å²) in [7, 11) is -3.18. The molecule has 2 aromatic rings. The van der Waals surface area contributed by atoms with E-state index in [4.69, 9.17) is 27.9 Å². The standard InChI is InChI=1S/C26H33Cl2NO4S/c1-5-6-12-33-24-22(27)14-19(15-23(24)28)25(30)29(21-11-13-34(31,32)17-21)16-18-7-9-20(10-8-18)26(2,3)4/h7-10,14-15,21H,5-6,11-13,16-17H2,1-4H3/t21-/m1/s1. The summed E-state index contributed by atoms with van der Waals surface area (Å²) in [6, 6.07) is 10.8. The summed E-state index contributed by atoms with van der Waals surface area (Å²) in [5, 5.41) is 0.529. The molecular formula is C26H33Cl2NO4S. The van der Waals surface area contributed by atoms with Gasteiger partial charge in [0.1, 0.15) is 0 Å². The Bertz CT molecular complexity index is 1100. The first-order valence-electron chi connectivity index (χ1n) is 11.6. The smallest absolute Gasteiger partial charge is 0.254 e. The highest BCUT2D eigenvalue weighted by Crippen LogP contribution is 2.35. The predicted octanol–water partition coefficient (Wildman–Crippen LogP) is 6.30. The molecule has 2 aromatic carbocycles. The van der Waals surface area contributed by atoms with E-state index in [1.54, 1.807) is 17.0 Å². The van der Waals surface area contributed by atoms with Crippen LogP contribution in [0.15, 0.2) is 36.4 Å². The van der Waals surface area contributed by atoms with E-state index in [1.165, 1.54) is 5.56 Å². The molecule has 5 nitrogen and oxygen atoms in total. The fraction of sp³-hybridized carbons (Fsp3) is 0.500. The normalized spacial score (nSPS) is 17.5. The lowest BCUT2D eigenvalue weighted by Crippen LogP contribution is -2.40. The molecule has 1 fully saturated rings. The molecule has 0 aromatic heterocycles. The second-order valence-corrected chi connectivity index (χ2v) is 13.0. The van der Waals surface area contributed by atoms with Crippen LogP contribution >= 0.6 is 23.2 Å². The van der Waals surface area contributed by atoms with Crippen molar-refractivity contribution >= 4 is 38.9 Å². The maximum atomic E-state index is 13.6. The highest BCUT2D eigenvalue weighted by atomic mass is 35.5. The van der Waals surface area contributed by atoms with Gasteiger partial charge in [-0.2, -0.15) is 0 Å². The number of unbranched alkanes of at least 4 members (excludes halogenated alkanes) is 1. The van der Waals surface area contributed by atoms with Crippen LogP contribution in [0.2, 0.25) is 10.0 Å². The minimum absolute atomic E-state index is 0.0159. The van der Waals surface area contributed by atoms with Crippen molar-refractivity contribution in [3.05, 3.63) is 63.1 Å².